The number of rotatable bonds is 4. The van der Waals surface area contributed by atoms with Gasteiger partial charge in [0.15, 0.2) is 17.5 Å². The molecule has 2 heterocycles. The molecule has 9 aromatic rings. The lowest BCUT2D eigenvalue weighted by atomic mass is 10.00. The standard InChI is InChI=1S/C41H25N3O/c1-3-9-26(10-4-1)31-17-15-27-16-18-32(22-34(27)21-31)40-42-39(28-11-5-2-6-12-28)43-41(44-40)33-19-20-37-35(24-33)36-23-29-13-7-8-14-30(29)25-38(36)45-37/h1-25H/i1D,2D,3D,4D,5D,6D,9D,10D,11D,12D. The van der Waals surface area contributed by atoms with E-state index in [1.54, 1.807) is 36.4 Å². The summed E-state index contributed by atoms with van der Waals surface area (Å²) in [6, 6.07) is 23.7. The van der Waals surface area contributed by atoms with E-state index in [1.165, 1.54) is 0 Å². The normalized spacial score (nSPS) is 14.7. The van der Waals surface area contributed by atoms with Crippen molar-refractivity contribution in [2.24, 2.45) is 0 Å². The van der Waals surface area contributed by atoms with Gasteiger partial charge in [-0.05, 0) is 75.1 Å². The van der Waals surface area contributed by atoms with E-state index in [1.807, 2.05) is 48.5 Å². The van der Waals surface area contributed by atoms with E-state index in [-0.39, 0.29) is 40.7 Å². The minimum Gasteiger partial charge on any atom is -0.456 e. The van der Waals surface area contributed by atoms with Crippen molar-refractivity contribution >= 4 is 43.5 Å². The van der Waals surface area contributed by atoms with Crippen molar-refractivity contribution in [1.82, 2.24) is 15.0 Å². The van der Waals surface area contributed by atoms with Crippen LogP contribution in [-0.2, 0) is 0 Å². The zero-order valence-corrected chi connectivity index (χ0v) is 23.4. The van der Waals surface area contributed by atoms with Crippen molar-refractivity contribution in [3.05, 3.63) is 151 Å². The highest BCUT2D eigenvalue weighted by molar-refractivity contribution is 6.10. The van der Waals surface area contributed by atoms with Crippen molar-refractivity contribution in [2.45, 2.75) is 0 Å². The predicted octanol–water partition coefficient (Wildman–Crippen LogP) is 10.7. The van der Waals surface area contributed by atoms with Crippen LogP contribution < -0.4 is 0 Å². The Balaban J connectivity index is 1.26. The van der Waals surface area contributed by atoms with Crippen molar-refractivity contribution in [3.63, 3.8) is 0 Å². The minimum atomic E-state index is -0.539. The first-order chi connectivity index (χ1) is 26.4. The van der Waals surface area contributed by atoms with Gasteiger partial charge in [0.05, 0.1) is 13.7 Å². The molecular formula is C41H25N3O. The maximum atomic E-state index is 8.70. The Kier molecular flexibility index (Phi) is 3.93. The second-order valence-electron chi connectivity index (χ2n) is 10.6. The maximum Gasteiger partial charge on any atom is 0.164 e. The number of benzene rings is 7. The molecule has 0 unspecified atom stereocenters. The first-order valence-corrected chi connectivity index (χ1v) is 14.2. The summed E-state index contributed by atoms with van der Waals surface area (Å²) in [5.74, 6) is 0.231. The molecule has 0 bridgehead atoms. The Labute approximate surface area is 273 Å². The molecule has 4 heteroatoms. The maximum absolute atomic E-state index is 8.70. The Morgan fingerprint density at radius 2 is 0.956 bits per heavy atom. The molecule has 4 nitrogen and oxygen atoms in total. The monoisotopic (exact) mass is 585 g/mol. The molecular weight excluding hydrogens is 550 g/mol. The Morgan fingerprint density at radius 1 is 0.400 bits per heavy atom. The van der Waals surface area contributed by atoms with Crippen LogP contribution in [0.3, 0.4) is 0 Å². The predicted molar refractivity (Wildman–Crippen MR) is 184 cm³/mol. The molecule has 2 aromatic heterocycles. The highest BCUT2D eigenvalue weighted by atomic mass is 16.3. The van der Waals surface area contributed by atoms with Gasteiger partial charge < -0.3 is 4.42 Å². The van der Waals surface area contributed by atoms with Crippen LogP contribution in [0.15, 0.2) is 156 Å². The summed E-state index contributed by atoms with van der Waals surface area (Å²) < 4.78 is 89.7. The number of aromatic nitrogens is 3. The van der Waals surface area contributed by atoms with E-state index in [2.05, 4.69) is 11.1 Å². The van der Waals surface area contributed by atoms with Gasteiger partial charge in [0.25, 0.3) is 0 Å². The van der Waals surface area contributed by atoms with Gasteiger partial charge in [-0.25, -0.2) is 15.0 Å². The summed E-state index contributed by atoms with van der Waals surface area (Å²) in [4.78, 5) is 14.2. The number of furan rings is 1. The Morgan fingerprint density at radius 3 is 1.69 bits per heavy atom. The van der Waals surface area contributed by atoms with Crippen molar-refractivity contribution < 1.29 is 18.1 Å². The lowest BCUT2D eigenvalue weighted by molar-refractivity contribution is 0.669. The Bertz CT molecular complexity index is 3070. The highest BCUT2D eigenvalue weighted by Gasteiger charge is 2.15. The molecule has 7 aromatic carbocycles. The summed E-state index contributed by atoms with van der Waals surface area (Å²) in [7, 11) is 0. The molecule has 0 saturated heterocycles. The topological polar surface area (TPSA) is 51.8 Å². The number of fused-ring (bicyclic) bond motifs is 5. The summed E-state index contributed by atoms with van der Waals surface area (Å²) >= 11 is 0. The van der Waals surface area contributed by atoms with Crippen LogP contribution in [0.1, 0.15) is 13.7 Å². The molecule has 9 rings (SSSR count). The molecule has 0 N–H and O–H groups in total. The van der Waals surface area contributed by atoms with Gasteiger partial charge in [-0.1, -0.05) is 109 Å². The fourth-order valence-corrected chi connectivity index (χ4v) is 5.64. The molecule has 0 fully saturated rings. The lowest BCUT2D eigenvalue weighted by Gasteiger charge is -2.10. The highest BCUT2D eigenvalue weighted by Crippen LogP contribution is 2.35. The molecule has 45 heavy (non-hydrogen) atoms. The minimum absolute atomic E-state index is 0.0689. The van der Waals surface area contributed by atoms with Crippen LogP contribution in [0.4, 0.5) is 0 Å². The molecule has 0 amide bonds. The number of hydrogen-bond donors (Lipinski definition) is 0. The van der Waals surface area contributed by atoms with Gasteiger partial charge >= 0.3 is 0 Å². The van der Waals surface area contributed by atoms with Crippen LogP contribution in [0.5, 0.6) is 0 Å². The first-order valence-electron chi connectivity index (χ1n) is 19.2. The molecule has 0 atom stereocenters. The molecule has 0 saturated carbocycles. The fraction of sp³-hybridized carbons (Fsp3) is 0. The molecule has 0 spiro atoms. The average Bonchev–Trinajstić information content (AvgIpc) is 3.56. The zero-order valence-electron chi connectivity index (χ0n) is 33.4. The molecule has 0 radical (unpaired) electrons. The largest absolute Gasteiger partial charge is 0.456 e. The molecule has 0 aliphatic heterocycles. The van der Waals surface area contributed by atoms with Crippen molar-refractivity contribution in [3.8, 4) is 45.3 Å². The SMILES string of the molecule is [2H]c1c([2H])c([2H])c(-c2ccc3ccc(-c4nc(-c5ccc6oc7cc8ccccc8cc7c6c5)nc(-c5c([2H])c([2H])c([2H])c([2H])c5[2H])n4)cc3c2)c([2H])c1[2H]. The van der Waals surface area contributed by atoms with Crippen molar-refractivity contribution in [2.75, 3.05) is 0 Å². The molecule has 210 valence electrons. The fourth-order valence-electron chi connectivity index (χ4n) is 5.64. The van der Waals surface area contributed by atoms with Gasteiger partial charge in [-0.2, -0.15) is 0 Å². The van der Waals surface area contributed by atoms with Crippen LogP contribution in [0.2, 0.25) is 0 Å². The third-order valence-electron chi connectivity index (χ3n) is 7.84. The van der Waals surface area contributed by atoms with E-state index in [4.69, 9.17) is 28.1 Å². The second kappa shape index (κ2) is 10.2. The Hall–Kier alpha value is -6.13. The second-order valence-corrected chi connectivity index (χ2v) is 10.6. The third-order valence-corrected chi connectivity index (χ3v) is 7.84. The molecule has 0 aliphatic rings. The third kappa shape index (κ3) is 4.52. The smallest absolute Gasteiger partial charge is 0.164 e. The van der Waals surface area contributed by atoms with Gasteiger partial charge in [0.1, 0.15) is 11.2 Å². The summed E-state index contributed by atoms with van der Waals surface area (Å²) in [5, 5.41) is 5.24. The van der Waals surface area contributed by atoms with E-state index in [0.29, 0.717) is 33.2 Å². The quantitative estimate of drug-likeness (QED) is 0.206. The van der Waals surface area contributed by atoms with Crippen LogP contribution in [-0.4, -0.2) is 15.0 Å². The van der Waals surface area contributed by atoms with Crippen LogP contribution >= 0.6 is 0 Å². The zero-order chi connectivity index (χ0) is 38.4. The number of nitrogens with zero attached hydrogens (tertiary/aromatic N) is 3. The van der Waals surface area contributed by atoms with E-state index in [9.17, 15) is 0 Å². The number of hydrogen-bond acceptors (Lipinski definition) is 4. The van der Waals surface area contributed by atoms with Crippen LogP contribution in [0.25, 0.3) is 88.8 Å². The van der Waals surface area contributed by atoms with Gasteiger partial charge in [-0.3, -0.25) is 0 Å². The lowest BCUT2D eigenvalue weighted by Crippen LogP contribution is -2.00. The summed E-state index contributed by atoms with van der Waals surface area (Å²) in [6.45, 7) is 0. The van der Waals surface area contributed by atoms with E-state index < -0.39 is 48.3 Å². The van der Waals surface area contributed by atoms with E-state index in [0.717, 1.165) is 26.9 Å². The van der Waals surface area contributed by atoms with Gasteiger partial charge in [0.2, 0.25) is 0 Å². The summed E-state index contributed by atoms with van der Waals surface area (Å²) in [5.41, 5.74) is 2.75. The van der Waals surface area contributed by atoms with Gasteiger partial charge in [-0.15, -0.1) is 0 Å². The average molecular weight is 586 g/mol. The summed E-state index contributed by atoms with van der Waals surface area (Å²) in [6.07, 6.45) is 0. The van der Waals surface area contributed by atoms with E-state index >= 15 is 0 Å². The van der Waals surface area contributed by atoms with Gasteiger partial charge in [0, 0.05) is 27.5 Å². The molecule has 0 aliphatic carbocycles. The first kappa shape index (κ1) is 17.2. The van der Waals surface area contributed by atoms with Crippen molar-refractivity contribution in [1.29, 1.82) is 0 Å². The van der Waals surface area contributed by atoms with Crippen LogP contribution in [0, 0.1) is 0 Å².